The van der Waals surface area contributed by atoms with Gasteiger partial charge in [-0.15, -0.1) is 0 Å². The highest BCUT2D eigenvalue weighted by atomic mass is 16.5. The number of nitrogens with two attached hydrogens (primary N) is 1. The summed E-state index contributed by atoms with van der Waals surface area (Å²) in [5.74, 6) is 1.41. The van der Waals surface area contributed by atoms with Crippen LogP contribution in [-0.2, 0) is 0 Å². The van der Waals surface area contributed by atoms with Gasteiger partial charge in [0.1, 0.15) is 5.84 Å². The van der Waals surface area contributed by atoms with Gasteiger partial charge in [0.05, 0.1) is 18.8 Å². The van der Waals surface area contributed by atoms with Crippen LogP contribution in [0.1, 0.15) is 186 Å². The predicted molar refractivity (Wildman–Crippen MR) is 180 cm³/mol. The summed E-state index contributed by atoms with van der Waals surface area (Å²) in [5, 5.41) is 7.99. The molecule has 0 aromatic heterocycles. The molecule has 0 amide bonds. The second kappa shape index (κ2) is 28.4. The normalized spacial score (nSPS) is 11.2. The molecular weight excluding hydrogens is 504 g/mol. The molecule has 0 saturated carbocycles. The van der Waals surface area contributed by atoms with E-state index in [1.54, 1.807) is 0 Å². The zero-order valence-corrected chi connectivity index (χ0v) is 27.4. The standard InChI is InChI=1S/C37H68N2O2/c1-3-5-7-9-11-13-15-17-19-21-23-25-27-32-40-35-31-29-30-34(37(38)39)36(35)41-33-28-26-24-22-20-18-16-14-12-10-8-6-4-2/h29-31H,3-28,32-33H2,1-2H3,(H3,38,39). The molecule has 0 heterocycles. The highest BCUT2D eigenvalue weighted by Crippen LogP contribution is 2.32. The zero-order valence-electron chi connectivity index (χ0n) is 27.4. The number of rotatable bonds is 31. The van der Waals surface area contributed by atoms with Crippen molar-refractivity contribution in [3.63, 3.8) is 0 Å². The smallest absolute Gasteiger partial charge is 0.172 e. The number of unbranched alkanes of at least 4 members (excludes halogenated alkanes) is 24. The first-order chi connectivity index (χ1) is 20.2. The van der Waals surface area contributed by atoms with Crippen LogP contribution in [0, 0.1) is 5.41 Å². The molecule has 41 heavy (non-hydrogen) atoms. The van der Waals surface area contributed by atoms with E-state index in [0.29, 0.717) is 24.5 Å². The van der Waals surface area contributed by atoms with Gasteiger partial charge in [-0.3, -0.25) is 5.41 Å². The summed E-state index contributed by atoms with van der Waals surface area (Å²) in [6.07, 6.45) is 34.9. The van der Waals surface area contributed by atoms with Gasteiger partial charge >= 0.3 is 0 Å². The molecule has 4 heteroatoms. The van der Waals surface area contributed by atoms with E-state index >= 15 is 0 Å². The van der Waals surface area contributed by atoms with Crippen molar-refractivity contribution in [2.45, 2.75) is 181 Å². The molecule has 0 unspecified atom stereocenters. The molecule has 0 spiro atoms. The molecule has 0 radical (unpaired) electrons. The Hall–Kier alpha value is -1.71. The number of hydrogen-bond donors (Lipinski definition) is 2. The number of nitrogen functional groups attached to an aromatic ring is 1. The third-order valence-electron chi connectivity index (χ3n) is 8.27. The molecule has 0 aliphatic heterocycles. The average Bonchev–Trinajstić information content (AvgIpc) is 2.97. The second-order valence-electron chi connectivity index (χ2n) is 12.2. The van der Waals surface area contributed by atoms with Crippen LogP contribution in [0.4, 0.5) is 0 Å². The maximum absolute atomic E-state index is 7.99. The van der Waals surface area contributed by atoms with E-state index in [2.05, 4.69) is 13.8 Å². The van der Waals surface area contributed by atoms with Crippen LogP contribution in [0.25, 0.3) is 0 Å². The van der Waals surface area contributed by atoms with E-state index in [1.165, 1.54) is 154 Å². The van der Waals surface area contributed by atoms with Crippen molar-refractivity contribution in [2.24, 2.45) is 5.73 Å². The summed E-state index contributed by atoms with van der Waals surface area (Å²) in [4.78, 5) is 0. The highest BCUT2D eigenvalue weighted by Gasteiger charge is 2.13. The molecule has 0 saturated heterocycles. The average molecular weight is 573 g/mol. The van der Waals surface area contributed by atoms with Gasteiger partial charge in [0.15, 0.2) is 11.5 Å². The summed E-state index contributed by atoms with van der Waals surface area (Å²) in [7, 11) is 0. The fourth-order valence-corrected chi connectivity index (χ4v) is 5.59. The van der Waals surface area contributed by atoms with Crippen molar-refractivity contribution in [2.75, 3.05) is 13.2 Å². The van der Waals surface area contributed by atoms with Crippen LogP contribution in [0.3, 0.4) is 0 Å². The molecule has 1 aromatic rings. The molecular formula is C37H68N2O2. The van der Waals surface area contributed by atoms with Gasteiger partial charge in [-0.25, -0.2) is 0 Å². The number of amidine groups is 1. The molecule has 1 aromatic carbocycles. The molecule has 238 valence electrons. The molecule has 3 N–H and O–H groups in total. The Morgan fingerprint density at radius 2 is 0.854 bits per heavy atom. The minimum atomic E-state index is 0.0387. The summed E-state index contributed by atoms with van der Waals surface area (Å²) < 4.78 is 12.3. The van der Waals surface area contributed by atoms with Crippen molar-refractivity contribution in [3.05, 3.63) is 23.8 Å². The van der Waals surface area contributed by atoms with E-state index in [0.717, 1.165) is 18.6 Å². The summed E-state index contributed by atoms with van der Waals surface area (Å²) in [6.45, 7) is 5.90. The van der Waals surface area contributed by atoms with Crippen molar-refractivity contribution < 1.29 is 9.47 Å². The number of ether oxygens (including phenoxy) is 2. The minimum absolute atomic E-state index is 0.0387. The minimum Gasteiger partial charge on any atom is -0.490 e. The maximum atomic E-state index is 7.99. The number of nitrogens with one attached hydrogen (secondary N) is 1. The lowest BCUT2D eigenvalue weighted by atomic mass is 10.0. The van der Waals surface area contributed by atoms with Crippen LogP contribution >= 0.6 is 0 Å². The van der Waals surface area contributed by atoms with Gasteiger partial charge in [-0.1, -0.05) is 174 Å². The van der Waals surface area contributed by atoms with Gasteiger partial charge in [0.25, 0.3) is 0 Å². The highest BCUT2D eigenvalue weighted by molar-refractivity contribution is 5.98. The molecule has 0 aliphatic rings. The third kappa shape index (κ3) is 21.6. The number of para-hydroxylation sites is 1. The largest absolute Gasteiger partial charge is 0.490 e. The van der Waals surface area contributed by atoms with Gasteiger partial charge in [0, 0.05) is 0 Å². The summed E-state index contributed by atoms with van der Waals surface area (Å²) in [5.41, 5.74) is 6.50. The van der Waals surface area contributed by atoms with Crippen LogP contribution in [0.5, 0.6) is 11.5 Å². The van der Waals surface area contributed by atoms with Crippen molar-refractivity contribution in [1.29, 1.82) is 5.41 Å². The fraction of sp³-hybridized carbons (Fsp3) is 0.811. The van der Waals surface area contributed by atoms with E-state index in [9.17, 15) is 0 Å². The zero-order chi connectivity index (χ0) is 29.6. The maximum Gasteiger partial charge on any atom is 0.172 e. The first kappa shape index (κ1) is 37.3. The fourth-order valence-electron chi connectivity index (χ4n) is 5.59. The van der Waals surface area contributed by atoms with Gasteiger partial charge in [-0.05, 0) is 25.0 Å². The van der Waals surface area contributed by atoms with Crippen LogP contribution in [-0.4, -0.2) is 19.0 Å². The lowest BCUT2D eigenvalue weighted by Crippen LogP contribution is -2.14. The van der Waals surface area contributed by atoms with Crippen LogP contribution in [0.15, 0.2) is 18.2 Å². The number of benzene rings is 1. The predicted octanol–water partition coefficient (Wildman–Crippen LogP) is 11.9. The molecule has 0 aliphatic carbocycles. The van der Waals surface area contributed by atoms with Gasteiger partial charge in [-0.2, -0.15) is 0 Å². The van der Waals surface area contributed by atoms with Crippen LogP contribution in [0.2, 0.25) is 0 Å². The summed E-state index contributed by atoms with van der Waals surface area (Å²) >= 11 is 0. The topological polar surface area (TPSA) is 68.3 Å². The Labute approximate surface area is 255 Å². The van der Waals surface area contributed by atoms with Crippen molar-refractivity contribution >= 4 is 5.84 Å². The van der Waals surface area contributed by atoms with Crippen LogP contribution < -0.4 is 15.2 Å². The molecule has 0 atom stereocenters. The SMILES string of the molecule is CCCCCCCCCCCCCCCOc1cccc(C(=N)N)c1OCCCCCCCCCCCCCCC. The van der Waals surface area contributed by atoms with Crippen molar-refractivity contribution in [1.82, 2.24) is 0 Å². The lowest BCUT2D eigenvalue weighted by molar-refractivity contribution is 0.258. The van der Waals surface area contributed by atoms with E-state index in [1.807, 2.05) is 18.2 Å². The van der Waals surface area contributed by atoms with Gasteiger partial charge < -0.3 is 15.2 Å². The quantitative estimate of drug-likeness (QED) is 0.0528. The van der Waals surface area contributed by atoms with Crippen molar-refractivity contribution in [3.8, 4) is 11.5 Å². The van der Waals surface area contributed by atoms with Gasteiger partial charge in [0.2, 0.25) is 0 Å². The first-order valence-electron chi connectivity index (χ1n) is 17.9. The molecule has 1 rings (SSSR count). The Morgan fingerprint density at radius 3 is 1.22 bits per heavy atom. The first-order valence-corrected chi connectivity index (χ1v) is 17.9. The monoisotopic (exact) mass is 573 g/mol. The molecule has 0 fully saturated rings. The summed E-state index contributed by atoms with van der Waals surface area (Å²) in [6, 6.07) is 5.72. The van der Waals surface area contributed by atoms with E-state index in [4.69, 9.17) is 20.6 Å². The second-order valence-corrected chi connectivity index (χ2v) is 12.2. The molecule has 4 nitrogen and oxygen atoms in total. The lowest BCUT2D eigenvalue weighted by Gasteiger charge is -2.16. The Morgan fingerprint density at radius 1 is 0.512 bits per heavy atom. The Balaban J connectivity index is 2.13. The molecule has 0 bridgehead atoms. The van der Waals surface area contributed by atoms with E-state index in [-0.39, 0.29) is 5.84 Å². The number of hydrogen-bond acceptors (Lipinski definition) is 3. The van der Waals surface area contributed by atoms with E-state index < -0.39 is 0 Å². The Bertz CT molecular complexity index is 721. The third-order valence-corrected chi connectivity index (χ3v) is 8.27. The Kier molecular flexibility index (Phi) is 25.9.